The van der Waals surface area contributed by atoms with Gasteiger partial charge in [0.25, 0.3) is 0 Å². The Hall–Kier alpha value is -0.850. The maximum Gasteiger partial charge on any atom is 0.306 e. The van der Waals surface area contributed by atoms with Crippen LogP contribution in [0.4, 0.5) is 0 Å². The number of carboxylic acid groups (broad SMARTS) is 1. The second-order valence-electron chi connectivity index (χ2n) is 3.70. The maximum absolute atomic E-state index is 10.5. The summed E-state index contributed by atoms with van der Waals surface area (Å²) in [5.41, 5.74) is 0. The predicted molar refractivity (Wildman–Crippen MR) is 56.8 cm³/mol. The number of aliphatic carboxylic acids is 1. The van der Waals surface area contributed by atoms with Gasteiger partial charge < -0.3 is 19.0 Å². The maximum atomic E-state index is 10.5. The second kappa shape index (κ2) is 4.20. The molecule has 1 aliphatic heterocycles. The van der Waals surface area contributed by atoms with E-state index in [0.29, 0.717) is 10.4 Å². The zero-order valence-corrected chi connectivity index (χ0v) is 10.2. The Labute approximate surface area is 100 Å². The Balaban J connectivity index is 2.08. The van der Waals surface area contributed by atoms with Crippen molar-refractivity contribution in [1.29, 1.82) is 0 Å². The smallest absolute Gasteiger partial charge is 0.306 e. The summed E-state index contributed by atoms with van der Waals surface area (Å²) in [4.78, 5) is 10.5. The van der Waals surface area contributed by atoms with E-state index in [9.17, 15) is 4.79 Å². The molecule has 88 valence electrons. The lowest BCUT2D eigenvalue weighted by Crippen LogP contribution is -2.24. The molecule has 1 N–H and O–H groups in total. The van der Waals surface area contributed by atoms with Gasteiger partial charge in [-0.1, -0.05) is 0 Å². The summed E-state index contributed by atoms with van der Waals surface area (Å²) in [5, 5.41) is 8.65. The van der Waals surface area contributed by atoms with Gasteiger partial charge in [-0.25, -0.2) is 0 Å². The molecule has 1 aromatic heterocycles. The van der Waals surface area contributed by atoms with Crippen molar-refractivity contribution in [3.05, 3.63) is 22.6 Å². The molecule has 0 bridgehead atoms. The van der Waals surface area contributed by atoms with Crippen molar-refractivity contribution in [2.24, 2.45) is 0 Å². The molecule has 1 aromatic rings. The highest BCUT2D eigenvalue weighted by Crippen LogP contribution is 2.36. The Kier molecular flexibility index (Phi) is 3.05. The second-order valence-corrected chi connectivity index (χ2v) is 4.48. The number of carbonyl (C=O) groups is 1. The Morgan fingerprint density at radius 2 is 2.44 bits per heavy atom. The van der Waals surface area contributed by atoms with E-state index in [-0.39, 0.29) is 13.0 Å². The summed E-state index contributed by atoms with van der Waals surface area (Å²) in [6.45, 7) is 1.96. The van der Waals surface area contributed by atoms with Crippen molar-refractivity contribution in [3.63, 3.8) is 0 Å². The minimum atomic E-state index is -0.994. The van der Waals surface area contributed by atoms with E-state index in [1.165, 1.54) is 0 Å². The molecule has 16 heavy (non-hydrogen) atoms. The zero-order chi connectivity index (χ0) is 11.8. The fourth-order valence-electron chi connectivity index (χ4n) is 1.62. The first-order valence-corrected chi connectivity index (χ1v) is 5.58. The van der Waals surface area contributed by atoms with Gasteiger partial charge in [0, 0.05) is 0 Å². The lowest BCUT2D eigenvalue weighted by atomic mass is 10.2. The molecule has 2 heterocycles. The molecule has 0 aliphatic carbocycles. The molecule has 0 aromatic carbocycles. The van der Waals surface area contributed by atoms with Crippen LogP contribution < -0.4 is 0 Å². The monoisotopic (exact) mass is 290 g/mol. The van der Waals surface area contributed by atoms with Crippen LogP contribution >= 0.6 is 15.9 Å². The average Bonchev–Trinajstić information content (AvgIpc) is 2.73. The Morgan fingerprint density at radius 3 is 3.00 bits per heavy atom. The quantitative estimate of drug-likeness (QED) is 0.923. The van der Waals surface area contributed by atoms with Crippen molar-refractivity contribution in [2.75, 3.05) is 6.61 Å². The van der Waals surface area contributed by atoms with E-state index in [1.54, 1.807) is 19.1 Å². The van der Waals surface area contributed by atoms with Gasteiger partial charge in [0.2, 0.25) is 5.79 Å². The number of hydrogen-bond donors (Lipinski definition) is 1. The summed E-state index contributed by atoms with van der Waals surface area (Å²) in [7, 11) is 0. The summed E-state index contributed by atoms with van der Waals surface area (Å²) in [6.07, 6.45) is -0.510. The van der Waals surface area contributed by atoms with Crippen molar-refractivity contribution < 1.29 is 23.8 Å². The summed E-state index contributed by atoms with van der Waals surface area (Å²) in [6, 6.07) is 3.46. The number of carboxylic acids is 1. The molecule has 0 amide bonds. The van der Waals surface area contributed by atoms with Gasteiger partial charge in [-0.05, 0) is 35.0 Å². The van der Waals surface area contributed by atoms with Crippen molar-refractivity contribution in [1.82, 2.24) is 0 Å². The standard InChI is InChI=1S/C10H11BrO5/c1-10(7-2-3-8(11)15-7)14-5-6(16-10)4-9(12)13/h2-3,6H,4-5H2,1H3,(H,12,13). The predicted octanol–water partition coefficient (Wildman–Crippen LogP) is 2.10. The highest BCUT2D eigenvalue weighted by molar-refractivity contribution is 9.10. The summed E-state index contributed by atoms with van der Waals surface area (Å²) >= 11 is 3.19. The lowest BCUT2D eigenvalue weighted by molar-refractivity contribution is -0.177. The first-order valence-electron chi connectivity index (χ1n) is 4.79. The fourth-order valence-corrected chi connectivity index (χ4v) is 1.93. The number of rotatable bonds is 3. The Morgan fingerprint density at radius 1 is 1.69 bits per heavy atom. The minimum Gasteiger partial charge on any atom is -0.481 e. The molecule has 2 rings (SSSR count). The van der Waals surface area contributed by atoms with E-state index >= 15 is 0 Å². The van der Waals surface area contributed by atoms with Crippen molar-refractivity contribution in [3.8, 4) is 0 Å². The highest BCUT2D eigenvalue weighted by Gasteiger charge is 2.42. The van der Waals surface area contributed by atoms with Crippen LogP contribution in [0.3, 0.4) is 0 Å². The van der Waals surface area contributed by atoms with Gasteiger partial charge in [-0.15, -0.1) is 0 Å². The van der Waals surface area contributed by atoms with Gasteiger partial charge in [-0.3, -0.25) is 4.79 Å². The molecule has 5 nitrogen and oxygen atoms in total. The van der Waals surface area contributed by atoms with E-state index in [0.717, 1.165) is 0 Å². The molecule has 2 unspecified atom stereocenters. The average molecular weight is 291 g/mol. The topological polar surface area (TPSA) is 68.9 Å². The first-order chi connectivity index (χ1) is 7.49. The third-order valence-corrected chi connectivity index (χ3v) is 2.79. The van der Waals surface area contributed by atoms with Gasteiger partial charge in [0.1, 0.15) is 0 Å². The van der Waals surface area contributed by atoms with Crippen molar-refractivity contribution >= 4 is 21.9 Å². The van der Waals surface area contributed by atoms with Crippen LogP contribution in [0.2, 0.25) is 0 Å². The third-order valence-electron chi connectivity index (χ3n) is 2.36. The molecule has 2 atom stereocenters. The molecule has 0 spiro atoms. The zero-order valence-electron chi connectivity index (χ0n) is 8.60. The number of furan rings is 1. The van der Waals surface area contributed by atoms with Crippen LogP contribution in [0.25, 0.3) is 0 Å². The van der Waals surface area contributed by atoms with Crippen LogP contribution in [0.15, 0.2) is 21.2 Å². The van der Waals surface area contributed by atoms with Gasteiger partial charge >= 0.3 is 5.97 Å². The van der Waals surface area contributed by atoms with Crippen LogP contribution in [0.1, 0.15) is 19.1 Å². The molecule has 1 saturated heterocycles. The van der Waals surface area contributed by atoms with Gasteiger partial charge in [-0.2, -0.15) is 0 Å². The molecular formula is C10H11BrO5. The number of halogens is 1. The number of ether oxygens (including phenoxy) is 2. The first kappa shape index (κ1) is 11.6. The Bertz CT molecular complexity index is 402. The molecule has 6 heteroatoms. The minimum absolute atomic E-state index is 0.0720. The van der Waals surface area contributed by atoms with E-state index < -0.39 is 17.9 Å². The third kappa shape index (κ3) is 2.28. The van der Waals surface area contributed by atoms with Crippen LogP contribution in [-0.2, 0) is 20.1 Å². The fraction of sp³-hybridized carbons (Fsp3) is 0.500. The highest BCUT2D eigenvalue weighted by atomic mass is 79.9. The largest absolute Gasteiger partial charge is 0.481 e. The molecule has 0 radical (unpaired) electrons. The summed E-state index contributed by atoms with van der Waals surface area (Å²) < 4.78 is 16.9. The van der Waals surface area contributed by atoms with Crippen molar-refractivity contribution in [2.45, 2.75) is 25.2 Å². The molecule has 1 fully saturated rings. The normalized spacial score (nSPS) is 29.5. The van der Waals surface area contributed by atoms with Gasteiger partial charge in [0.15, 0.2) is 10.4 Å². The lowest BCUT2D eigenvalue weighted by Gasteiger charge is -2.20. The number of hydrogen-bond acceptors (Lipinski definition) is 4. The van der Waals surface area contributed by atoms with Crippen LogP contribution in [-0.4, -0.2) is 23.8 Å². The molecule has 0 saturated carbocycles. The SMILES string of the molecule is CC1(c2ccc(Br)o2)OCC(CC(=O)O)O1. The molecule has 1 aliphatic rings. The van der Waals surface area contributed by atoms with E-state index in [4.69, 9.17) is 19.0 Å². The van der Waals surface area contributed by atoms with Gasteiger partial charge in [0.05, 0.1) is 19.1 Å². The van der Waals surface area contributed by atoms with Crippen LogP contribution in [0, 0.1) is 0 Å². The van der Waals surface area contributed by atoms with E-state index in [1.807, 2.05) is 0 Å². The molecular weight excluding hydrogens is 280 g/mol. The summed E-state index contributed by atoms with van der Waals surface area (Å²) in [5.74, 6) is -1.38. The van der Waals surface area contributed by atoms with Crippen LogP contribution in [0.5, 0.6) is 0 Å². The van der Waals surface area contributed by atoms with E-state index in [2.05, 4.69) is 15.9 Å².